The molecule has 3 rings (SSSR count). The first-order valence-electron chi connectivity index (χ1n) is 8.39. The third-order valence-corrected chi connectivity index (χ3v) is 5.30. The van der Waals surface area contributed by atoms with Gasteiger partial charge in [-0.05, 0) is 37.1 Å². The number of rotatable bonds is 6. The number of piperidine rings is 1. The zero-order valence-corrected chi connectivity index (χ0v) is 15.7. The standard InChI is InChI=1S/C16H16N4O8S/c21-16(22)10-5-7-19(8-6-10)14-13(20(23)24)15(18-9-17-14)28-11-1-3-12(4-2-11)29(25,26)27/h1-4,9-10H,5-8H2,(H,21,22)(H,25,26,27). The molecule has 2 N–H and O–H groups in total. The van der Waals surface area contributed by atoms with Gasteiger partial charge in [-0.3, -0.25) is 19.5 Å². The van der Waals surface area contributed by atoms with E-state index in [1.165, 1.54) is 12.1 Å². The Hall–Kier alpha value is -3.32. The monoisotopic (exact) mass is 424 g/mol. The molecule has 0 amide bonds. The molecule has 1 saturated heterocycles. The van der Waals surface area contributed by atoms with E-state index in [0.717, 1.165) is 18.5 Å². The molecule has 0 spiro atoms. The van der Waals surface area contributed by atoms with Crippen molar-refractivity contribution in [2.24, 2.45) is 5.92 Å². The quantitative estimate of drug-likeness (QED) is 0.392. The third kappa shape index (κ3) is 4.57. The molecule has 1 fully saturated rings. The first-order valence-corrected chi connectivity index (χ1v) is 9.83. The van der Waals surface area contributed by atoms with Gasteiger partial charge in [-0.25, -0.2) is 4.98 Å². The lowest BCUT2D eigenvalue weighted by molar-refractivity contribution is -0.385. The minimum atomic E-state index is -4.38. The van der Waals surface area contributed by atoms with Gasteiger partial charge >= 0.3 is 17.5 Å². The van der Waals surface area contributed by atoms with Crippen molar-refractivity contribution in [3.63, 3.8) is 0 Å². The Morgan fingerprint density at radius 1 is 1.21 bits per heavy atom. The SMILES string of the molecule is O=C(O)C1CCN(c2ncnc(Oc3ccc(S(=O)(=O)O)cc3)c2[N+](=O)[O-])CC1. The van der Waals surface area contributed by atoms with E-state index in [0.29, 0.717) is 12.8 Å². The van der Waals surface area contributed by atoms with Crippen LogP contribution in [0.1, 0.15) is 12.8 Å². The van der Waals surface area contributed by atoms with Crippen LogP contribution >= 0.6 is 0 Å². The Morgan fingerprint density at radius 2 is 1.83 bits per heavy atom. The van der Waals surface area contributed by atoms with Crippen molar-refractivity contribution in [1.82, 2.24) is 9.97 Å². The third-order valence-electron chi connectivity index (χ3n) is 4.43. The second-order valence-corrected chi connectivity index (χ2v) is 7.68. The second-order valence-electron chi connectivity index (χ2n) is 6.26. The molecule has 1 aromatic heterocycles. The van der Waals surface area contributed by atoms with E-state index in [9.17, 15) is 23.3 Å². The Balaban J connectivity index is 1.88. The van der Waals surface area contributed by atoms with Crippen LogP contribution in [0.5, 0.6) is 11.6 Å². The molecule has 2 heterocycles. The predicted octanol–water partition coefficient (Wildman–Crippen LogP) is 1.72. The fourth-order valence-electron chi connectivity index (χ4n) is 2.95. The Kier molecular flexibility index (Phi) is 5.61. The summed E-state index contributed by atoms with van der Waals surface area (Å²) in [7, 11) is -4.38. The Labute approximate surface area is 164 Å². The fourth-order valence-corrected chi connectivity index (χ4v) is 3.43. The number of aliphatic carboxylic acids is 1. The molecular formula is C16H16N4O8S. The first-order chi connectivity index (χ1) is 13.7. The average molecular weight is 424 g/mol. The van der Waals surface area contributed by atoms with Crippen molar-refractivity contribution < 1.29 is 32.5 Å². The number of hydrogen-bond donors (Lipinski definition) is 2. The Bertz CT molecular complexity index is 1030. The van der Waals surface area contributed by atoms with Gasteiger partial charge in [0.25, 0.3) is 10.1 Å². The van der Waals surface area contributed by atoms with Crippen molar-refractivity contribution in [3.05, 3.63) is 40.7 Å². The van der Waals surface area contributed by atoms with Gasteiger partial charge < -0.3 is 14.7 Å². The van der Waals surface area contributed by atoms with E-state index < -0.39 is 32.6 Å². The summed E-state index contributed by atoms with van der Waals surface area (Å²) in [6.07, 6.45) is 1.74. The summed E-state index contributed by atoms with van der Waals surface area (Å²) >= 11 is 0. The molecule has 1 aliphatic heterocycles. The summed E-state index contributed by atoms with van der Waals surface area (Å²) in [5.41, 5.74) is -0.486. The topological polar surface area (TPSA) is 173 Å². The number of carboxylic acids is 1. The van der Waals surface area contributed by atoms with Crippen LogP contribution in [-0.2, 0) is 14.9 Å². The molecule has 1 aliphatic rings. The van der Waals surface area contributed by atoms with E-state index >= 15 is 0 Å². The highest BCUT2D eigenvalue weighted by Gasteiger charge is 2.32. The molecule has 154 valence electrons. The maximum atomic E-state index is 11.6. The molecule has 0 radical (unpaired) electrons. The number of carbonyl (C=O) groups is 1. The molecule has 0 saturated carbocycles. The van der Waals surface area contributed by atoms with Gasteiger partial charge in [-0.15, -0.1) is 0 Å². The minimum Gasteiger partial charge on any atom is -0.481 e. The van der Waals surface area contributed by atoms with E-state index in [1.54, 1.807) is 4.90 Å². The molecule has 0 atom stereocenters. The van der Waals surface area contributed by atoms with Crippen LogP contribution in [0.25, 0.3) is 0 Å². The maximum absolute atomic E-state index is 11.6. The molecule has 12 nitrogen and oxygen atoms in total. The predicted molar refractivity (Wildman–Crippen MR) is 97.6 cm³/mol. The average Bonchev–Trinajstić information content (AvgIpc) is 2.67. The highest BCUT2D eigenvalue weighted by Crippen LogP contribution is 2.37. The number of ether oxygens (including phenoxy) is 1. The van der Waals surface area contributed by atoms with Crippen molar-refractivity contribution in [3.8, 4) is 11.6 Å². The highest BCUT2D eigenvalue weighted by atomic mass is 32.2. The van der Waals surface area contributed by atoms with Crippen molar-refractivity contribution in [1.29, 1.82) is 0 Å². The zero-order chi connectivity index (χ0) is 21.2. The summed E-state index contributed by atoms with van der Waals surface area (Å²) in [6.45, 7) is 0.550. The molecule has 29 heavy (non-hydrogen) atoms. The lowest BCUT2D eigenvalue weighted by Gasteiger charge is -2.30. The van der Waals surface area contributed by atoms with Crippen molar-refractivity contribution >= 4 is 27.6 Å². The van der Waals surface area contributed by atoms with E-state index in [4.69, 9.17) is 14.4 Å². The summed E-state index contributed by atoms with van der Waals surface area (Å²) in [6, 6.07) is 4.59. The van der Waals surface area contributed by atoms with Gasteiger partial charge in [0, 0.05) is 13.1 Å². The lowest BCUT2D eigenvalue weighted by Crippen LogP contribution is -2.37. The lowest BCUT2D eigenvalue weighted by atomic mass is 9.97. The molecule has 1 aromatic carbocycles. The van der Waals surface area contributed by atoms with Crippen molar-refractivity contribution in [2.45, 2.75) is 17.7 Å². The Morgan fingerprint density at radius 3 is 2.34 bits per heavy atom. The van der Waals surface area contributed by atoms with Crippen LogP contribution in [0.15, 0.2) is 35.5 Å². The summed E-state index contributed by atoms with van der Waals surface area (Å²) in [5.74, 6) is -1.68. The van der Waals surface area contributed by atoms with Crippen LogP contribution in [0.3, 0.4) is 0 Å². The number of hydrogen-bond acceptors (Lipinski definition) is 9. The normalized spacial score (nSPS) is 15.1. The van der Waals surface area contributed by atoms with E-state index in [1.807, 2.05) is 0 Å². The number of nitrogens with zero attached hydrogens (tertiary/aromatic N) is 4. The highest BCUT2D eigenvalue weighted by molar-refractivity contribution is 7.85. The summed E-state index contributed by atoms with van der Waals surface area (Å²) in [5, 5.41) is 20.7. The summed E-state index contributed by atoms with van der Waals surface area (Å²) in [4.78, 5) is 31.1. The molecule has 13 heteroatoms. The van der Waals surface area contributed by atoms with Gasteiger partial charge in [-0.2, -0.15) is 13.4 Å². The fraction of sp³-hybridized carbons (Fsp3) is 0.312. The molecular weight excluding hydrogens is 408 g/mol. The molecule has 2 aromatic rings. The van der Waals surface area contributed by atoms with E-state index in [2.05, 4.69) is 9.97 Å². The number of benzene rings is 1. The van der Waals surface area contributed by atoms with Crippen LogP contribution in [-0.4, -0.2) is 52.0 Å². The number of aromatic nitrogens is 2. The van der Waals surface area contributed by atoms with E-state index in [-0.39, 0.29) is 35.4 Å². The number of carboxylic acid groups (broad SMARTS) is 1. The van der Waals surface area contributed by atoms with Gasteiger partial charge in [0.15, 0.2) is 0 Å². The maximum Gasteiger partial charge on any atom is 0.373 e. The number of anilines is 1. The van der Waals surface area contributed by atoms with Crippen LogP contribution in [0, 0.1) is 16.0 Å². The zero-order valence-electron chi connectivity index (χ0n) is 14.8. The largest absolute Gasteiger partial charge is 0.481 e. The van der Waals surface area contributed by atoms with Crippen LogP contribution in [0.4, 0.5) is 11.5 Å². The van der Waals surface area contributed by atoms with Gasteiger partial charge in [0.1, 0.15) is 12.1 Å². The van der Waals surface area contributed by atoms with Crippen LogP contribution in [0.2, 0.25) is 0 Å². The second kappa shape index (κ2) is 7.97. The minimum absolute atomic E-state index is 0.0124. The number of nitro groups is 1. The molecule has 0 aliphatic carbocycles. The molecule has 0 unspecified atom stereocenters. The first kappa shape index (κ1) is 20.4. The van der Waals surface area contributed by atoms with Gasteiger partial charge in [-0.1, -0.05) is 0 Å². The van der Waals surface area contributed by atoms with Gasteiger partial charge in [0.2, 0.25) is 5.82 Å². The molecule has 0 bridgehead atoms. The van der Waals surface area contributed by atoms with Crippen molar-refractivity contribution in [2.75, 3.05) is 18.0 Å². The summed E-state index contributed by atoms with van der Waals surface area (Å²) < 4.78 is 36.6. The van der Waals surface area contributed by atoms with Gasteiger partial charge in [0.05, 0.1) is 15.7 Å². The smallest absolute Gasteiger partial charge is 0.373 e. The van der Waals surface area contributed by atoms with Crippen LogP contribution < -0.4 is 9.64 Å².